The number of nitrogens with zero attached hydrogens (tertiary/aromatic N) is 2. The molecule has 0 aliphatic heterocycles. The highest BCUT2D eigenvalue weighted by molar-refractivity contribution is 5.46. The fourth-order valence-electron chi connectivity index (χ4n) is 2.01. The van der Waals surface area contributed by atoms with Gasteiger partial charge in [0.05, 0.1) is 0 Å². The van der Waals surface area contributed by atoms with Crippen molar-refractivity contribution in [2.75, 3.05) is 19.8 Å². The van der Waals surface area contributed by atoms with Gasteiger partial charge in [0.1, 0.15) is 11.9 Å². The molecule has 0 spiro atoms. The summed E-state index contributed by atoms with van der Waals surface area (Å²) in [4.78, 5) is 6.10. The van der Waals surface area contributed by atoms with Crippen molar-refractivity contribution in [1.29, 1.82) is 0 Å². The molecule has 1 aromatic heterocycles. The molecule has 4 heteroatoms. The van der Waals surface area contributed by atoms with Gasteiger partial charge in [0.15, 0.2) is 0 Å². The van der Waals surface area contributed by atoms with Gasteiger partial charge >= 0.3 is 0 Å². The van der Waals surface area contributed by atoms with Crippen molar-refractivity contribution in [1.82, 2.24) is 9.88 Å². The molecule has 0 saturated heterocycles. The minimum absolute atomic E-state index is 0.345. The Morgan fingerprint density at radius 2 is 2.12 bits per heavy atom. The Kier molecular flexibility index (Phi) is 4.11. The maximum atomic E-state index is 10.6. The quantitative estimate of drug-likeness (QED) is 0.837. The van der Waals surface area contributed by atoms with Crippen LogP contribution in [0.3, 0.4) is 0 Å². The Bertz CT molecular complexity index is 372. The first-order valence-corrected chi connectivity index (χ1v) is 5.91. The number of hydrogen-bond acceptors (Lipinski definition) is 4. The molecule has 1 rings (SSSR count). The molecule has 4 nitrogen and oxygen atoms in total. The van der Waals surface area contributed by atoms with Crippen LogP contribution < -0.4 is 5.73 Å². The van der Waals surface area contributed by atoms with Gasteiger partial charge in [0.25, 0.3) is 0 Å². The molecule has 0 saturated carbocycles. The largest absolute Gasteiger partial charge is 0.386 e. The van der Waals surface area contributed by atoms with Crippen LogP contribution in [0.15, 0.2) is 12.3 Å². The molecular formula is C13H23N3O. The predicted octanol–water partition coefficient (Wildman–Crippen LogP) is 1.74. The fourth-order valence-corrected chi connectivity index (χ4v) is 2.01. The van der Waals surface area contributed by atoms with E-state index in [1.54, 1.807) is 6.20 Å². The van der Waals surface area contributed by atoms with Gasteiger partial charge in [0.2, 0.25) is 0 Å². The summed E-state index contributed by atoms with van der Waals surface area (Å²) in [6.45, 7) is 6.04. The molecular weight excluding hydrogens is 214 g/mol. The Morgan fingerprint density at radius 3 is 2.53 bits per heavy atom. The number of rotatable bonds is 4. The fraction of sp³-hybridized carbons (Fsp3) is 0.615. The van der Waals surface area contributed by atoms with Crippen LogP contribution in [-0.4, -0.2) is 34.6 Å². The molecule has 2 atom stereocenters. The van der Waals surface area contributed by atoms with Crippen molar-refractivity contribution in [2.45, 2.75) is 38.8 Å². The number of pyridine rings is 1. The van der Waals surface area contributed by atoms with Crippen LogP contribution in [0.1, 0.15) is 37.5 Å². The summed E-state index contributed by atoms with van der Waals surface area (Å²) in [5.74, 6) is 0.416. The van der Waals surface area contributed by atoms with Crippen molar-refractivity contribution >= 4 is 5.82 Å². The summed E-state index contributed by atoms with van der Waals surface area (Å²) in [6, 6.07) is 1.88. The molecule has 17 heavy (non-hydrogen) atoms. The number of aliphatic hydroxyl groups excluding tert-OH is 1. The van der Waals surface area contributed by atoms with E-state index in [0.29, 0.717) is 5.82 Å². The van der Waals surface area contributed by atoms with Crippen LogP contribution in [0.25, 0.3) is 0 Å². The van der Waals surface area contributed by atoms with E-state index in [4.69, 9.17) is 5.73 Å². The maximum Gasteiger partial charge on any atom is 0.129 e. The lowest BCUT2D eigenvalue weighted by atomic mass is 9.84. The van der Waals surface area contributed by atoms with E-state index in [2.05, 4.69) is 11.9 Å². The van der Waals surface area contributed by atoms with Crippen LogP contribution >= 0.6 is 0 Å². The summed E-state index contributed by atoms with van der Waals surface area (Å²) in [5.41, 5.74) is 7.26. The topological polar surface area (TPSA) is 62.4 Å². The standard InChI is InChI=1S/C13H23N3O/c1-6-13(3,16(4)5)11(17)10-9(2)7-8-15-12(10)14/h7-8,11,17H,6H2,1-5H3,(H2,14,15). The lowest BCUT2D eigenvalue weighted by Crippen LogP contribution is -2.46. The zero-order valence-electron chi connectivity index (χ0n) is 11.4. The second-order valence-corrected chi connectivity index (χ2v) is 4.93. The summed E-state index contributed by atoms with van der Waals surface area (Å²) >= 11 is 0. The van der Waals surface area contributed by atoms with Crippen molar-refractivity contribution in [3.05, 3.63) is 23.4 Å². The number of aliphatic hydroxyl groups is 1. The van der Waals surface area contributed by atoms with Gasteiger partial charge in [0, 0.05) is 17.3 Å². The van der Waals surface area contributed by atoms with Crippen molar-refractivity contribution in [2.24, 2.45) is 0 Å². The van der Waals surface area contributed by atoms with Crippen LogP contribution in [0.2, 0.25) is 0 Å². The van der Waals surface area contributed by atoms with Crippen LogP contribution in [-0.2, 0) is 0 Å². The summed E-state index contributed by atoms with van der Waals surface area (Å²) in [6.07, 6.45) is 1.85. The van der Waals surface area contributed by atoms with Crippen molar-refractivity contribution in [3.63, 3.8) is 0 Å². The van der Waals surface area contributed by atoms with Gasteiger partial charge in [-0.05, 0) is 46.0 Å². The number of nitrogens with two attached hydrogens (primary N) is 1. The summed E-state index contributed by atoms with van der Waals surface area (Å²) in [7, 11) is 3.93. The van der Waals surface area contributed by atoms with E-state index in [-0.39, 0.29) is 5.54 Å². The second-order valence-electron chi connectivity index (χ2n) is 4.93. The molecule has 0 amide bonds. The predicted molar refractivity (Wildman–Crippen MR) is 70.7 cm³/mol. The minimum atomic E-state index is -0.642. The highest BCUT2D eigenvalue weighted by Crippen LogP contribution is 2.36. The monoisotopic (exact) mass is 237 g/mol. The average molecular weight is 237 g/mol. The van der Waals surface area contributed by atoms with Gasteiger partial charge < -0.3 is 15.7 Å². The Morgan fingerprint density at radius 1 is 1.53 bits per heavy atom. The van der Waals surface area contributed by atoms with Crippen LogP contribution in [0.4, 0.5) is 5.82 Å². The molecule has 0 radical (unpaired) electrons. The molecule has 3 N–H and O–H groups in total. The number of aromatic nitrogens is 1. The lowest BCUT2D eigenvalue weighted by Gasteiger charge is -2.40. The molecule has 1 aromatic rings. The van der Waals surface area contributed by atoms with E-state index in [0.717, 1.165) is 17.5 Å². The molecule has 96 valence electrons. The van der Waals surface area contributed by atoms with E-state index in [1.165, 1.54) is 0 Å². The molecule has 1 heterocycles. The summed E-state index contributed by atoms with van der Waals surface area (Å²) < 4.78 is 0. The number of nitrogen functional groups attached to an aromatic ring is 1. The van der Waals surface area contributed by atoms with Crippen molar-refractivity contribution < 1.29 is 5.11 Å². The summed E-state index contributed by atoms with van der Waals surface area (Å²) in [5, 5.41) is 10.6. The zero-order chi connectivity index (χ0) is 13.2. The zero-order valence-corrected chi connectivity index (χ0v) is 11.4. The first-order chi connectivity index (χ1) is 7.84. The first-order valence-electron chi connectivity index (χ1n) is 5.91. The number of hydrogen-bond donors (Lipinski definition) is 2. The molecule has 0 aliphatic carbocycles. The first kappa shape index (κ1) is 13.9. The third kappa shape index (κ3) is 2.42. The highest BCUT2D eigenvalue weighted by atomic mass is 16.3. The normalized spacial score (nSPS) is 16.9. The third-order valence-corrected chi connectivity index (χ3v) is 3.84. The Hall–Kier alpha value is -1.13. The van der Waals surface area contributed by atoms with E-state index in [9.17, 15) is 5.11 Å². The van der Waals surface area contributed by atoms with Gasteiger partial charge in [-0.1, -0.05) is 6.92 Å². The van der Waals surface area contributed by atoms with Crippen molar-refractivity contribution in [3.8, 4) is 0 Å². The Labute approximate surface area is 103 Å². The smallest absolute Gasteiger partial charge is 0.129 e. The molecule has 0 fully saturated rings. The average Bonchev–Trinajstić information content (AvgIpc) is 2.27. The number of aryl methyl sites for hydroxylation is 1. The molecule has 2 unspecified atom stereocenters. The maximum absolute atomic E-state index is 10.6. The molecule has 0 aromatic carbocycles. The third-order valence-electron chi connectivity index (χ3n) is 3.84. The van der Waals surface area contributed by atoms with E-state index >= 15 is 0 Å². The number of anilines is 1. The molecule has 0 aliphatic rings. The Balaban J connectivity index is 3.24. The van der Waals surface area contributed by atoms with Gasteiger partial charge in [-0.2, -0.15) is 0 Å². The number of likely N-dealkylation sites (N-methyl/N-ethyl adjacent to an activating group) is 1. The van der Waals surface area contributed by atoms with Crippen LogP contribution in [0, 0.1) is 6.92 Å². The lowest BCUT2D eigenvalue weighted by molar-refractivity contribution is 0.000803. The van der Waals surface area contributed by atoms with E-state index < -0.39 is 6.10 Å². The SMILES string of the molecule is CCC(C)(C(O)c1c(C)ccnc1N)N(C)C. The second kappa shape index (κ2) is 5.02. The van der Waals surface area contributed by atoms with Gasteiger partial charge in [-0.25, -0.2) is 4.98 Å². The van der Waals surface area contributed by atoms with Gasteiger partial charge in [-0.15, -0.1) is 0 Å². The van der Waals surface area contributed by atoms with Crippen LogP contribution in [0.5, 0.6) is 0 Å². The van der Waals surface area contributed by atoms with E-state index in [1.807, 2.05) is 38.9 Å². The highest BCUT2D eigenvalue weighted by Gasteiger charge is 2.36. The minimum Gasteiger partial charge on any atom is -0.386 e. The molecule has 0 bridgehead atoms. The van der Waals surface area contributed by atoms with Gasteiger partial charge in [-0.3, -0.25) is 0 Å².